The van der Waals surface area contributed by atoms with Crippen LogP contribution in [0, 0.1) is 19.3 Å². The van der Waals surface area contributed by atoms with Gasteiger partial charge in [0.1, 0.15) is 11.6 Å². The molecule has 0 aliphatic carbocycles. The number of para-hydroxylation sites is 1. The van der Waals surface area contributed by atoms with Gasteiger partial charge in [-0.25, -0.2) is 0 Å². The zero-order valence-electron chi connectivity index (χ0n) is 20.1. The van der Waals surface area contributed by atoms with Crippen molar-refractivity contribution in [2.45, 2.75) is 30.1 Å². The summed E-state index contributed by atoms with van der Waals surface area (Å²) in [5, 5.41) is 7.46. The number of nitrogens with one attached hydrogen (secondary N) is 1. The van der Waals surface area contributed by atoms with Crippen LogP contribution >= 0.6 is 11.8 Å². The van der Waals surface area contributed by atoms with Gasteiger partial charge in [0, 0.05) is 48.1 Å². The lowest BCUT2D eigenvalue weighted by atomic mass is 10.2. The molecule has 4 rings (SSSR count). The minimum atomic E-state index is 0.0807. The molecule has 178 valence electrons. The summed E-state index contributed by atoms with van der Waals surface area (Å²) in [5.74, 6) is 0.907. The zero-order valence-corrected chi connectivity index (χ0v) is 20.9. The van der Waals surface area contributed by atoms with Crippen LogP contribution in [0.2, 0.25) is 0 Å². The van der Waals surface area contributed by atoms with E-state index in [9.17, 15) is 0 Å². The van der Waals surface area contributed by atoms with Crippen molar-refractivity contribution in [2.24, 2.45) is 5.73 Å². The second-order valence-electron chi connectivity index (χ2n) is 8.81. The lowest BCUT2D eigenvalue weighted by Crippen LogP contribution is -2.47. The minimum absolute atomic E-state index is 0.0807. The van der Waals surface area contributed by atoms with E-state index in [2.05, 4.69) is 66.1 Å². The maximum atomic E-state index is 7.46. The van der Waals surface area contributed by atoms with Crippen LogP contribution in [-0.2, 0) is 0 Å². The molecule has 0 saturated carbocycles. The molecule has 1 saturated heterocycles. The number of rotatable bonds is 9. The highest BCUT2D eigenvalue weighted by Gasteiger charge is 2.19. The number of piperazine rings is 1. The van der Waals surface area contributed by atoms with Gasteiger partial charge in [0.15, 0.2) is 0 Å². The number of anilines is 1. The third-order valence-corrected chi connectivity index (χ3v) is 7.42. The first-order valence-electron chi connectivity index (χ1n) is 11.9. The van der Waals surface area contributed by atoms with Crippen molar-refractivity contribution >= 4 is 23.3 Å². The molecule has 3 aromatic rings. The molecule has 0 bridgehead atoms. The van der Waals surface area contributed by atoms with Crippen LogP contribution in [0.5, 0.6) is 5.75 Å². The Morgan fingerprint density at radius 3 is 2.38 bits per heavy atom. The molecular formula is C28H34N4OS. The quantitative estimate of drug-likeness (QED) is 0.249. The van der Waals surface area contributed by atoms with Gasteiger partial charge >= 0.3 is 0 Å². The first-order valence-corrected chi connectivity index (χ1v) is 12.7. The van der Waals surface area contributed by atoms with Crippen molar-refractivity contribution in [1.82, 2.24) is 4.90 Å². The summed E-state index contributed by atoms with van der Waals surface area (Å²) in [6.45, 7) is 10.3. The van der Waals surface area contributed by atoms with Gasteiger partial charge in [-0.1, -0.05) is 41.6 Å². The number of nitrogens with zero attached hydrogens (tertiary/aromatic N) is 2. The standard InChI is InChI=1S/C28H34N4OS/c1-21-8-13-26(22(2)20-21)34-27-7-4-3-6-25(27)32-17-15-31(16-18-32)14-5-19-33-24-11-9-23(10-12-24)28(29)30/h3-4,6-13,20H,5,14-19H2,1-2H3,(H3,29,30). The maximum absolute atomic E-state index is 7.46. The summed E-state index contributed by atoms with van der Waals surface area (Å²) < 4.78 is 5.86. The first-order chi connectivity index (χ1) is 16.5. The van der Waals surface area contributed by atoms with E-state index in [-0.39, 0.29) is 5.84 Å². The molecule has 1 aliphatic rings. The van der Waals surface area contributed by atoms with E-state index >= 15 is 0 Å². The van der Waals surface area contributed by atoms with E-state index in [1.807, 2.05) is 36.0 Å². The third kappa shape index (κ3) is 6.33. The van der Waals surface area contributed by atoms with Gasteiger partial charge in [-0.05, 0) is 68.3 Å². The molecule has 3 aromatic carbocycles. The van der Waals surface area contributed by atoms with Crippen molar-refractivity contribution in [3.63, 3.8) is 0 Å². The Labute approximate surface area is 207 Å². The van der Waals surface area contributed by atoms with Crippen LogP contribution in [-0.4, -0.2) is 50.1 Å². The van der Waals surface area contributed by atoms with Crippen LogP contribution in [0.4, 0.5) is 5.69 Å². The van der Waals surface area contributed by atoms with Gasteiger partial charge in [-0.2, -0.15) is 0 Å². The van der Waals surface area contributed by atoms with Gasteiger partial charge in [0.2, 0.25) is 0 Å². The van der Waals surface area contributed by atoms with E-state index < -0.39 is 0 Å². The lowest BCUT2D eigenvalue weighted by Gasteiger charge is -2.37. The smallest absolute Gasteiger partial charge is 0.122 e. The van der Waals surface area contributed by atoms with Crippen molar-refractivity contribution in [3.8, 4) is 5.75 Å². The number of ether oxygens (including phenoxy) is 1. The van der Waals surface area contributed by atoms with Crippen molar-refractivity contribution in [3.05, 3.63) is 83.4 Å². The Hall–Kier alpha value is -2.96. The van der Waals surface area contributed by atoms with Crippen molar-refractivity contribution in [2.75, 3.05) is 44.2 Å². The van der Waals surface area contributed by atoms with E-state index in [0.717, 1.165) is 50.5 Å². The summed E-state index contributed by atoms with van der Waals surface area (Å²) >= 11 is 1.87. The van der Waals surface area contributed by atoms with E-state index in [4.69, 9.17) is 15.9 Å². The number of nitrogen functional groups attached to an aromatic ring is 1. The van der Waals surface area contributed by atoms with Gasteiger partial charge in [0.05, 0.1) is 12.3 Å². The van der Waals surface area contributed by atoms with Crippen LogP contribution in [0.15, 0.2) is 76.5 Å². The molecule has 0 aromatic heterocycles. The molecule has 5 nitrogen and oxygen atoms in total. The second-order valence-corrected chi connectivity index (χ2v) is 9.89. The first kappa shape index (κ1) is 24.2. The van der Waals surface area contributed by atoms with Crippen LogP contribution in [0.1, 0.15) is 23.1 Å². The Morgan fingerprint density at radius 2 is 1.68 bits per heavy atom. The highest BCUT2D eigenvalue weighted by atomic mass is 32.2. The molecule has 1 aliphatic heterocycles. The van der Waals surface area contributed by atoms with Crippen LogP contribution in [0.3, 0.4) is 0 Å². The average molecular weight is 475 g/mol. The third-order valence-electron chi connectivity index (χ3n) is 6.18. The monoisotopic (exact) mass is 474 g/mol. The van der Waals surface area contributed by atoms with E-state index in [1.54, 1.807) is 0 Å². The molecule has 3 N–H and O–H groups in total. The minimum Gasteiger partial charge on any atom is -0.494 e. The number of nitrogens with two attached hydrogens (primary N) is 1. The number of amidine groups is 1. The molecule has 0 unspecified atom stereocenters. The fraction of sp³-hybridized carbons (Fsp3) is 0.321. The summed E-state index contributed by atoms with van der Waals surface area (Å²) in [4.78, 5) is 7.70. The molecule has 0 amide bonds. The lowest BCUT2D eigenvalue weighted by molar-refractivity contribution is 0.224. The van der Waals surface area contributed by atoms with Gasteiger partial charge in [-0.3, -0.25) is 10.3 Å². The van der Waals surface area contributed by atoms with Crippen molar-refractivity contribution < 1.29 is 4.74 Å². The number of hydrogen-bond acceptors (Lipinski definition) is 5. The molecule has 0 spiro atoms. The fourth-order valence-electron chi connectivity index (χ4n) is 4.26. The predicted octanol–water partition coefficient (Wildman–Crippen LogP) is 5.33. The molecular weight excluding hydrogens is 440 g/mol. The summed E-state index contributed by atoms with van der Waals surface area (Å²) in [6, 6.07) is 22.9. The van der Waals surface area contributed by atoms with Crippen LogP contribution in [0.25, 0.3) is 0 Å². The predicted molar refractivity (Wildman–Crippen MR) is 143 cm³/mol. The molecule has 34 heavy (non-hydrogen) atoms. The van der Waals surface area contributed by atoms with E-state index in [0.29, 0.717) is 6.61 Å². The second kappa shape index (κ2) is 11.4. The fourth-order valence-corrected chi connectivity index (χ4v) is 5.30. The van der Waals surface area contributed by atoms with Gasteiger partial charge < -0.3 is 15.4 Å². The van der Waals surface area contributed by atoms with Crippen molar-refractivity contribution in [1.29, 1.82) is 5.41 Å². The highest BCUT2D eigenvalue weighted by Crippen LogP contribution is 2.37. The van der Waals surface area contributed by atoms with Gasteiger partial charge in [-0.15, -0.1) is 0 Å². The largest absolute Gasteiger partial charge is 0.494 e. The van der Waals surface area contributed by atoms with E-state index in [1.165, 1.54) is 26.6 Å². The Bertz CT molecular complexity index is 1110. The molecule has 1 heterocycles. The SMILES string of the molecule is Cc1ccc(Sc2ccccc2N2CCN(CCCOc3ccc(C(=N)N)cc3)CC2)c(C)c1. The topological polar surface area (TPSA) is 65.6 Å². The molecule has 6 heteroatoms. The Morgan fingerprint density at radius 1 is 0.941 bits per heavy atom. The summed E-state index contributed by atoms with van der Waals surface area (Å²) in [5.41, 5.74) is 10.2. The number of hydrogen-bond donors (Lipinski definition) is 2. The van der Waals surface area contributed by atoms with Crippen LogP contribution < -0.4 is 15.4 Å². The summed E-state index contributed by atoms with van der Waals surface area (Å²) in [6.07, 6.45) is 0.994. The molecule has 0 atom stereocenters. The zero-order chi connectivity index (χ0) is 23.9. The average Bonchev–Trinajstić information content (AvgIpc) is 2.85. The normalized spacial score (nSPS) is 14.2. The van der Waals surface area contributed by atoms with Gasteiger partial charge in [0.25, 0.3) is 0 Å². The molecule has 1 fully saturated rings. The highest BCUT2D eigenvalue weighted by molar-refractivity contribution is 7.99. The maximum Gasteiger partial charge on any atom is 0.122 e. The number of benzene rings is 3. The number of aryl methyl sites for hydroxylation is 2. The molecule has 0 radical (unpaired) electrons. The Balaban J connectivity index is 1.25. The Kier molecular flexibility index (Phi) is 8.14. The summed E-state index contributed by atoms with van der Waals surface area (Å²) in [7, 11) is 0.